The van der Waals surface area contributed by atoms with Crippen LogP contribution < -0.4 is 0 Å². The van der Waals surface area contributed by atoms with Crippen molar-refractivity contribution in [3.05, 3.63) is 29.3 Å². The minimum absolute atomic E-state index is 0.0410. The number of rotatable bonds is 3. The summed E-state index contributed by atoms with van der Waals surface area (Å²) in [5.74, 6) is -1.25. The summed E-state index contributed by atoms with van der Waals surface area (Å²) >= 11 is 0. The highest BCUT2D eigenvalue weighted by molar-refractivity contribution is 7.89. The zero-order chi connectivity index (χ0) is 17.4. The molecule has 0 aromatic heterocycles. The zero-order valence-corrected chi connectivity index (χ0v) is 13.1. The second kappa shape index (κ2) is 6.12. The van der Waals surface area contributed by atoms with Crippen LogP contribution >= 0.6 is 0 Å². The Balaban J connectivity index is 2.43. The molecule has 1 unspecified atom stereocenters. The minimum Gasteiger partial charge on any atom is -0.480 e. The number of piperidine rings is 1. The van der Waals surface area contributed by atoms with Crippen LogP contribution in [-0.2, 0) is 21.0 Å². The molecule has 1 aliphatic rings. The van der Waals surface area contributed by atoms with Crippen molar-refractivity contribution in [3.63, 3.8) is 0 Å². The van der Waals surface area contributed by atoms with Gasteiger partial charge in [0.25, 0.3) is 0 Å². The number of aliphatic carboxylic acids is 1. The van der Waals surface area contributed by atoms with Gasteiger partial charge in [-0.1, -0.05) is 0 Å². The predicted molar refractivity (Wildman–Crippen MR) is 75.3 cm³/mol. The average Bonchev–Trinajstić information content (AvgIpc) is 2.45. The van der Waals surface area contributed by atoms with Gasteiger partial charge in [0.1, 0.15) is 6.04 Å². The molecule has 1 aliphatic heterocycles. The highest BCUT2D eigenvalue weighted by atomic mass is 32.2. The maximum atomic E-state index is 12.8. The number of carboxylic acid groups (broad SMARTS) is 1. The van der Waals surface area contributed by atoms with E-state index in [2.05, 4.69) is 0 Å². The van der Waals surface area contributed by atoms with Gasteiger partial charge in [0, 0.05) is 6.54 Å². The Morgan fingerprint density at radius 2 is 1.96 bits per heavy atom. The Kier molecular flexibility index (Phi) is 4.72. The second-order valence-electron chi connectivity index (χ2n) is 5.44. The van der Waals surface area contributed by atoms with Crippen LogP contribution in [0.2, 0.25) is 0 Å². The lowest BCUT2D eigenvalue weighted by molar-refractivity contribution is -0.142. The highest BCUT2D eigenvalue weighted by Gasteiger charge is 2.38. The van der Waals surface area contributed by atoms with E-state index in [9.17, 15) is 26.4 Å². The summed E-state index contributed by atoms with van der Waals surface area (Å²) < 4.78 is 64.3. The first-order chi connectivity index (χ1) is 10.5. The van der Waals surface area contributed by atoms with Crippen molar-refractivity contribution in [2.45, 2.75) is 43.3 Å². The molecule has 0 aliphatic carbocycles. The number of carboxylic acids is 1. The van der Waals surface area contributed by atoms with Gasteiger partial charge in [-0.05, 0) is 49.9 Å². The summed E-state index contributed by atoms with van der Waals surface area (Å²) in [7, 11) is -4.16. The van der Waals surface area contributed by atoms with E-state index in [1.54, 1.807) is 0 Å². The van der Waals surface area contributed by atoms with Gasteiger partial charge in [-0.15, -0.1) is 0 Å². The van der Waals surface area contributed by atoms with Crippen LogP contribution in [0.5, 0.6) is 0 Å². The number of nitrogens with zero attached hydrogens (tertiary/aromatic N) is 1. The smallest absolute Gasteiger partial charge is 0.416 e. The number of hydrogen-bond acceptors (Lipinski definition) is 3. The molecule has 0 radical (unpaired) electrons. The molecule has 1 N–H and O–H groups in total. The average molecular weight is 351 g/mol. The number of halogens is 3. The van der Waals surface area contributed by atoms with Gasteiger partial charge in [0.2, 0.25) is 10.0 Å². The molecule has 128 valence electrons. The van der Waals surface area contributed by atoms with Crippen molar-refractivity contribution in [1.29, 1.82) is 0 Å². The summed E-state index contributed by atoms with van der Waals surface area (Å²) in [5, 5.41) is 9.17. The molecular weight excluding hydrogens is 335 g/mol. The van der Waals surface area contributed by atoms with Gasteiger partial charge in [-0.25, -0.2) is 8.42 Å². The van der Waals surface area contributed by atoms with Gasteiger partial charge in [0.15, 0.2) is 0 Å². The number of alkyl halides is 3. The molecule has 2 rings (SSSR count). The monoisotopic (exact) mass is 351 g/mol. The van der Waals surface area contributed by atoms with Crippen LogP contribution in [0.1, 0.15) is 30.4 Å². The van der Waals surface area contributed by atoms with Gasteiger partial charge >= 0.3 is 12.1 Å². The van der Waals surface area contributed by atoms with Crippen molar-refractivity contribution in [3.8, 4) is 0 Å². The van der Waals surface area contributed by atoms with E-state index in [4.69, 9.17) is 5.11 Å². The normalized spacial score (nSPS) is 20.4. The van der Waals surface area contributed by atoms with Crippen LogP contribution in [0, 0.1) is 6.92 Å². The first kappa shape index (κ1) is 17.7. The van der Waals surface area contributed by atoms with Crippen molar-refractivity contribution in [2.75, 3.05) is 6.54 Å². The van der Waals surface area contributed by atoms with E-state index in [0.717, 1.165) is 16.4 Å². The Morgan fingerprint density at radius 3 is 2.48 bits per heavy atom. The van der Waals surface area contributed by atoms with Crippen LogP contribution in [-0.4, -0.2) is 36.4 Å². The maximum Gasteiger partial charge on any atom is 0.416 e. The lowest BCUT2D eigenvalue weighted by Gasteiger charge is -2.32. The molecule has 23 heavy (non-hydrogen) atoms. The summed E-state index contributed by atoms with van der Waals surface area (Å²) in [6.45, 7) is 1.21. The topological polar surface area (TPSA) is 74.7 Å². The molecule has 0 spiro atoms. The summed E-state index contributed by atoms with van der Waals surface area (Å²) in [6, 6.07) is 1.34. The van der Waals surface area contributed by atoms with Crippen molar-refractivity contribution < 1.29 is 31.5 Å². The third-order valence-electron chi connectivity index (χ3n) is 3.85. The molecule has 5 nitrogen and oxygen atoms in total. The van der Waals surface area contributed by atoms with Crippen LogP contribution in [0.3, 0.4) is 0 Å². The Hall–Kier alpha value is -1.61. The Labute approximate surface area is 131 Å². The van der Waals surface area contributed by atoms with Gasteiger partial charge in [0.05, 0.1) is 10.5 Å². The number of benzene rings is 1. The van der Waals surface area contributed by atoms with Crippen molar-refractivity contribution in [2.24, 2.45) is 0 Å². The van der Waals surface area contributed by atoms with E-state index in [1.807, 2.05) is 0 Å². The Morgan fingerprint density at radius 1 is 1.30 bits per heavy atom. The van der Waals surface area contributed by atoms with Crippen molar-refractivity contribution >= 4 is 16.0 Å². The molecule has 1 saturated heterocycles. The van der Waals surface area contributed by atoms with Gasteiger partial charge < -0.3 is 5.11 Å². The largest absolute Gasteiger partial charge is 0.480 e. The third kappa shape index (κ3) is 3.50. The second-order valence-corrected chi connectivity index (χ2v) is 7.33. The first-order valence-electron chi connectivity index (χ1n) is 6.97. The molecule has 1 aromatic carbocycles. The number of carbonyl (C=O) groups is 1. The highest BCUT2D eigenvalue weighted by Crippen LogP contribution is 2.34. The van der Waals surface area contributed by atoms with Crippen LogP contribution in [0.25, 0.3) is 0 Å². The predicted octanol–water partition coefficient (Wildman–Crippen LogP) is 2.64. The molecule has 0 saturated carbocycles. The fraction of sp³-hybridized carbons (Fsp3) is 0.500. The van der Waals surface area contributed by atoms with E-state index < -0.39 is 33.8 Å². The summed E-state index contributed by atoms with van der Waals surface area (Å²) in [4.78, 5) is 10.9. The third-order valence-corrected chi connectivity index (χ3v) is 5.75. The van der Waals surface area contributed by atoms with E-state index >= 15 is 0 Å². The number of hydrogen-bond donors (Lipinski definition) is 1. The molecular formula is C14H16F3NO4S. The SMILES string of the molecule is Cc1cc(S(=O)(=O)N2CCCCC2C(=O)O)ccc1C(F)(F)F. The van der Waals surface area contributed by atoms with E-state index in [0.29, 0.717) is 18.9 Å². The molecule has 0 amide bonds. The summed E-state index contributed by atoms with van der Waals surface area (Å²) in [5.41, 5.74) is -1.13. The molecule has 9 heteroatoms. The van der Waals surface area contributed by atoms with E-state index in [-0.39, 0.29) is 23.4 Å². The number of sulfonamides is 1. The molecule has 1 fully saturated rings. The molecule has 1 atom stereocenters. The minimum atomic E-state index is -4.57. The molecule has 1 heterocycles. The molecule has 0 bridgehead atoms. The molecule has 1 aromatic rings. The van der Waals surface area contributed by atoms with Gasteiger partial charge in [-0.3, -0.25) is 4.79 Å². The zero-order valence-electron chi connectivity index (χ0n) is 12.3. The quantitative estimate of drug-likeness (QED) is 0.908. The number of aryl methyl sites for hydroxylation is 1. The maximum absolute atomic E-state index is 12.8. The van der Waals surface area contributed by atoms with Crippen molar-refractivity contribution in [1.82, 2.24) is 4.31 Å². The van der Waals surface area contributed by atoms with Crippen LogP contribution in [0.4, 0.5) is 13.2 Å². The van der Waals surface area contributed by atoms with E-state index in [1.165, 1.54) is 6.92 Å². The van der Waals surface area contributed by atoms with Gasteiger partial charge in [-0.2, -0.15) is 17.5 Å². The fourth-order valence-electron chi connectivity index (χ4n) is 2.69. The summed E-state index contributed by atoms with van der Waals surface area (Å²) in [6.07, 6.45) is -3.27. The first-order valence-corrected chi connectivity index (χ1v) is 8.41. The lowest BCUT2D eigenvalue weighted by Crippen LogP contribution is -2.47. The fourth-order valence-corrected chi connectivity index (χ4v) is 4.43. The Bertz CT molecular complexity index is 715. The van der Waals surface area contributed by atoms with Crippen LogP contribution in [0.15, 0.2) is 23.1 Å². The standard InChI is InChI=1S/C14H16F3NO4S/c1-9-8-10(5-6-11(9)14(15,16)17)23(21,22)18-7-3-2-4-12(18)13(19)20/h5-6,8,12H,2-4,7H2,1H3,(H,19,20). The lowest BCUT2D eigenvalue weighted by atomic mass is 10.1.